The van der Waals surface area contributed by atoms with Crippen LogP contribution in [-0.4, -0.2) is 6.54 Å². The van der Waals surface area contributed by atoms with Gasteiger partial charge in [0.2, 0.25) is 0 Å². The zero-order valence-corrected chi connectivity index (χ0v) is 13.0. The van der Waals surface area contributed by atoms with E-state index >= 15 is 0 Å². The molecule has 1 heterocycles. The minimum Gasteiger partial charge on any atom is -0.461 e. The maximum atomic E-state index is 6.03. The van der Waals surface area contributed by atoms with E-state index in [0.717, 1.165) is 50.1 Å². The molecule has 0 unspecified atom stereocenters. The molecule has 0 fully saturated rings. The molecular formula is C19H25NO. The number of terminal acetylenes is 1. The largest absolute Gasteiger partial charge is 0.461 e. The lowest BCUT2D eigenvalue weighted by atomic mass is 10.1. The molecule has 2 rings (SSSR count). The van der Waals surface area contributed by atoms with Crippen LogP contribution >= 0.6 is 0 Å². The molecule has 1 aromatic carbocycles. The lowest BCUT2D eigenvalue weighted by molar-refractivity contribution is 0.523. The molecule has 0 aliphatic heterocycles. The van der Waals surface area contributed by atoms with Crippen molar-refractivity contribution in [2.24, 2.45) is 0 Å². The number of hydrogen-bond donors (Lipinski definition) is 1. The molecule has 0 atom stereocenters. The third kappa shape index (κ3) is 4.37. The summed E-state index contributed by atoms with van der Waals surface area (Å²) in [5.74, 6) is 3.83. The standard InChI is InChI=1S/C19H25NO/c1-3-5-7-10-14-20-15-17-16-11-8-9-13-18(16)21-19(17)12-6-4-2/h1,8-9,11,13,20H,4-7,10,12,14-15H2,2H3. The first-order valence-electron chi connectivity index (χ1n) is 8.00. The maximum absolute atomic E-state index is 6.03. The van der Waals surface area contributed by atoms with E-state index in [1.54, 1.807) is 0 Å². The molecule has 21 heavy (non-hydrogen) atoms. The topological polar surface area (TPSA) is 25.2 Å². The number of benzene rings is 1. The summed E-state index contributed by atoms with van der Waals surface area (Å²) >= 11 is 0. The Hall–Kier alpha value is -1.72. The van der Waals surface area contributed by atoms with Crippen LogP contribution in [0, 0.1) is 12.3 Å². The fraction of sp³-hybridized carbons (Fsp3) is 0.474. The van der Waals surface area contributed by atoms with Crippen LogP contribution in [0.4, 0.5) is 0 Å². The van der Waals surface area contributed by atoms with Gasteiger partial charge in [-0.15, -0.1) is 12.3 Å². The van der Waals surface area contributed by atoms with Crippen molar-refractivity contribution in [1.29, 1.82) is 0 Å². The molecule has 0 aliphatic rings. The Morgan fingerprint density at radius 2 is 2.05 bits per heavy atom. The van der Waals surface area contributed by atoms with Gasteiger partial charge in [0, 0.05) is 30.3 Å². The number of aryl methyl sites for hydroxylation is 1. The first-order chi connectivity index (χ1) is 10.4. The summed E-state index contributed by atoms with van der Waals surface area (Å²) in [6.45, 7) is 4.10. The first kappa shape index (κ1) is 15.7. The first-order valence-corrected chi connectivity index (χ1v) is 8.00. The summed E-state index contributed by atoms with van der Waals surface area (Å²) in [6, 6.07) is 8.33. The molecular weight excluding hydrogens is 258 g/mol. The summed E-state index contributed by atoms with van der Waals surface area (Å²) in [5.41, 5.74) is 2.34. The Labute approximate surface area is 127 Å². The minimum atomic E-state index is 0.873. The van der Waals surface area contributed by atoms with Crippen LogP contribution in [0.3, 0.4) is 0 Å². The monoisotopic (exact) mass is 283 g/mol. The third-order valence-electron chi connectivity index (χ3n) is 3.77. The summed E-state index contributed by atoms with van der Waals surface area (Å²) in [7, 11) is 0. The van der Waals surface area contributed by atoms with Crippen molar-refractivity contribution in [3.8, 4) is 12.3 Å². The number of rotatable bonds is 9. The lowest BCUT2D eigenvalue weighted by Gasteiger charge is -2.05. The quantitative estimate of drug-likeness (QED) is 0.534. The molecule has 1 N–H and O–H groups in total. The van der Waals surface area contributed by atoms with Gasteiger partial charge in [-0.1, -0.05) is 31.5 Å². The molecule has 2 heteroatoms. The van der Waals surface area contributed by atoms with E-state index in [4.69, 9.17) is 10.8 Å². The van der Waals surface area contributed by atoms with Gasteiger partial charge in [-0.3, -0.25) is 0 Å². The second-order valence-corrected chi connectivity index (χ2v) is 5.44. The summed E-state index contributed by atoms with van der Waals surface area (Å²) in [5, 5.41) is 4.78. The smallest absolute Gasteiger partial charge is 0.134 e. The molecule has 2 nitrogen and oxygen atoms in total. The molecule has 0 aliphatic carbocycles. The number of para-hydroxylation sites is 1. The molecule has 0 saturated carbocycles. The van der Waals surface area contributed by atoms with Gasteiger partial charge in [0.25, 0.3) is 0 Å². The highest BCUT2D eigenvalue weighted by molar-refractivity contribution is 5.82. The fourth-order valence-electron chi connectivity index (χ4n) is 2.57. The SMILES string of the molecule is C#CCCCCNCc1c(CCCC)oc2ccccc12. The van der Waals surface area contributed by atoms with Crippen LogP contribution in [0.15, 0.2) is 28.7 Å². The molecule has 0 bridgehead atoms. The number of furan rings is 1. The highest BCUT2D eigenvalue weighted by Crippen LogP contribution is 2.27. The van der Waals surface area contributed by atoms with Gasteiger partial charge in [-0.25, -0.2) is 0 Å². The van der Waals surface area contributed by atoms with Crippen LogP contribution < -0.4 is 5.32 Å². The Kier molecular flexibility index (Phi) is 6.37. The summed E-state index contributed by atoms with van der Waals surface area (Å²) in [6.07, 6.45) is 11.8. The van der Waals surface area contributed by atoms with Gasteiger partial charge >= 0.3 is 0 Å². The Bertz CT molecular complexity index is 591. The van der Waals surface area contributed by atoms with Crippen molar-refractivity contribution in [3.63, 3.8) is 0 Å². The van der Waals surface area contributed by atoms with Gasteiger partial charge in [0.15, 0.2) is 0 Å². The van der Waals surface area contributed by atoms with E-state index in [-0.39, 0.29) is 0 Å². The van der Waals surface area contributed by atoms with Crippen molar-refractivity contribution in [2.75, 3.05) is 6.54 Å². The Balaban J connectivity index is 2.00. The highest BCUT2D eigenvalue weighted by Gasteiger charge is 2.12. The van der Waals surface area contributed by atoms with Gasteiger partial charge in [-0.2, -0.15) is 0 Å². The van der Waals surface area contributed by atoms with E-state index in [2.05, 4.69) is 36.4 Å². The van der Waals surface area contributed by atoms with Crippen molar-refractivity contribution in [2.45, 2.75) is 52.0 Å². The predicted molar refractivity (Wildman–Crippen MR) is 89.2 cm³/mol. The molecule has 0 amide bonds. The van der Waals surface area contributed by atoms with Crippen molar-refractivity contribution in [3.05, 3.63) is 35.6 Å². The fourth-order valence-corrected chi connectivity index (χ4v) is 2.57. The molecule has 0 spiro atoms. The number of fused-ring (bicyclic) bond motifs is 1. The van der Waals surface area contributed by atoms with Gasteiger partial charge in [0.1, 0.15) is 11.3 Å². The summed E-state index contributed by atoms with van der Waals surface area (Å²) < 4.78 is 6.03. The van der Waals surface area contributed by atoms with Gasteiger partial charge < -0.3 is 9.73 Å². The van der Waals surface area contributed by atoms with Gasteiger partial charge in [0.05, 0.1) is 0 Å². The zero-order chi connectivity index (χ0) is 14.9. The third-order valence-corrected chi connectivity index (χ3v) is 3.77. The minimum absolute atomic E-state index is 0.873. The van der Waals surface area contributed by atoms with Crippen molar-refractivity contribution in [1.82, 2.24) is 5.32 Å². The summed E-state index contributed by atoms with van der Waals surface area (Å²) in [4.78, 5) is 0. The van der Waals surface area contributed by atoms with Crippen LogP contribution in [0.5, 0.6) is 0 Å². The molecule has 2 aromatic rings. The average Bonchev–Trinajstić information content (AvgIpc) is 2.86. The normalized spacial score (nSPS) is 10.9. The number of nitrogens with one attached hydrogen (secondary N) is 1. The molecule has 1 aromatic heterocycles. The second kappa shape index (κ2) is 8.54. The maximum Gasteiger partial charge on any atom is 0.134 e. The van der Waals surface area contributed by atoms with E-state index in [9.17, 15) is 0 Å². The second-order valence-electron chi connectivity index (χ2n) is 5.44. The Morgan fingerprint density at radius 3 is 2.86 bits per heavy atom. The highest BCUT2D eigenvalue weighted by atomic mass is 16.3. The number of hydrogen-bond acceptors (Lipinski definition) is 2. The van der Waals surface area contributed by atoms with Crippen LogP contribution in [0.1, 0.15) is 50.4 Å². The molecule has 0 saturated heterocycles. The van der Waals surface area contributed by atoms with E-state index < -0.39 is 0 Å². The zero-order valence-electron chi connectivity index (χ0n) is 13.0. The van der Waals surface area contributed by atoms with E-state index in [1.165, 1.54) is 23.8 Å². The molecule has 112 valence electrons. The van der Waals surface area contributed by atoms with E-state index in [1.807, 2.05) is 6.07 Å². The van der Waals surface area contributed by atoms with E-state index in [0.29, 0.717) is 0 Å². The van der Waals surface area contributed by atoms with Crippen molar-refractivity contribution < 1.29 is 4.42 Å². The van der Waals surface area contributed by atoms with Crippen molar-refractivity contribution >= 4 is 11.0 Å². The Morgan fingerprint density at radius 1 is 1.19 bits per heavy atom. The van der Waals surface area contributed by atoms with Gasteiger partial charge in [-0.05, 0) is 31.9 Å². The van der Waals surface area contributed by atoms with Crippen LogP contribution in [0.25, 0.3) is 11.0 Å². The lowest BCUT2D eigenvalue weighted by Crippen LogP contribution is -2.15. The predicted octanol–water partition coefficient (Wildman–Crippen LogP) is 4.67. The van der Waals surface area contributed by atoms with Crippen LogP contribution in [-0.2, 0) is 13.0 Å². The molecule has 0 radical (unpaired) electrons. The number of unbranched alkanes of at least 4 members (excludes halogenated alkanes) is 3. The van der Waals surface area contributed by atoms with Crippen LogP contribution in [0.2, 0.25) is 0 Å². The average molecular weight is 283 g/mol.